The van der Waals surface area contributed by atoms with E-state index in [0.717, 1.165) is 0 Å². The summed E-state index contributed by atoms with van der Waals surface area (Å²) < 4.78 is 5.30. The smallest absolute Gasteiger partial charge is 0.0716 e. The van der Waals surface area contributed by atoms with Crippen LogP contribution in [0.4, 0.5) is 0 Å². The molecule has 0 saturated heterocycles. The molecule has 1 aliphatic rings. The predicted octanol–water partition coefficient (Wildman–Crippen LogP) is 3.15. The van der Waals surface area contributed by atoms with Crippen molar-refractivity contribution in [2.24, 2.45) is 5.73 Å². The highest BCUT2D eigenvalue weighted by Gasteiger charge is 2.19. The van der Waals surface area contributed by atoms with Gasteiger partial charge in [0.25, 0.3) is 0 Å². The third kappa shape index (κ3) is 4.30. The summed E-state index contributed by atoms with van der Waals surface area (Å²) >= 11 is 0. The third-order valence-corrected chi connectivity index (χ3v) is 4.26. The maximum atomic E-state index is 6.02. The van der Waals surface area contributed by atoms with E-state index in [2.05, 4.69) is 29.6 Å². The van der Waals surface area contributed by atoms with Crippen LogP contribution in [0.5, 0.6) is 0 Å². The summed E-state index contributed by atoms with van der Waals surface area (Å²) in [5.74, 6) is 0. The van der Waals surface area contributed by atoms with E-state index in [0.29, 0.717) is 19.2 Å². The minimum atomic E-state index is 0.240. The van der Waals surface area contributed by atoms with E-state index in [-0.39, 0.29) is 6.04 Å². The molecule has 1 fully saturated rings. The molecule has 0 aromatic heterocycles. The summed E-state index contributed by atoms with van der Waals surface area (Å²) in [5.41, 5.74) is 8.56. The number of nitrogens with two attached hydrogens (primary N) is 1. The second kappa shape index (κ2) is 8.40. The molecule has 0 radical (unpaired) electrons. The Morgan fingerprint density at radius 2 is 1.90 bits per heavy atom. The summed E-state index contributed by atoms with van der Waals surface area (Å²) in [6.07, 6.45) is 8.01. The minimum Gasteiger partial charge on any atom is -0.380 e. The van der Waals surface area contributed by atoms with E-state index in [1.54, 1.807) is 7.11 Å². The van der Waals surface area contributed by atoms with Gasteiger partial charge in [-0.3, -0.25) is 0 Å². The molecule has 3 nitrogen and oxygen atoms in total. The van der Waals surface area contributed by atoms with Crippen LogP contribution in [0.3, 0.4) is 0 Å². The first-order valence-electron chi connectivity index (χ1n) is 7.88. The Hall–Kier alpha value is -0.900. The molecule has 1 atom stereocenters. The van der Waals surface area contributed by atoms with Crippen LogP contribution >= 0.6 is 0 Å². The molecular weight excluding hydrogens is 248 g/mol. The Balaban J connectivity index is 2.06. The van der Waals surface area contributed by atoms with Gasteiger partial charge in [-0.2, -0.15) is 0 Å². The highest BCUT2D eigenvalue weighted by atomic mass is 16.5. The fourth-order valence-electron chi connectivity index (χ4n) is 3.18. The van der Waals surface area contributed by atoms with E-state index in [1.165, 1.54) is 49.7 Å². The quantitative estimate of drug-likeness (QED) is 0.785. The zero-order chi connectivity index (χ0) is 14.2. The zero-order valence-corrected chi connectivity index (χ0v) is 12.6. The summed E-state index contributed by atoms with van der Waals surface area (Å²) in [5, 5.41) is 3.78. The molecule has 1 aromatic rings. The number of hydrogen-bond acceptors (Lipinski definition) is 3. The maximum absolute atomic E-state index is 6.02. The summed E-state index contributed by atoms with van der Waals surface area (Å²) in [6, 6.07) is 9.32. The average molecular weight is 276 g/mol. The van der Waals surface area contributed by atoms with Crippen LogP contribution < -0.4 is 11.1 Å². The van der Waals surface area contributed by atoms with Gasteiger partial charge in [0.15, 0.2) is 0 Å². The van der Waals surface area contributed by atoms with Gasteiger partial charge in [0.2, 0.25) is 0 Å². The molecule has 3 heteroatoms. The summed E-state index contributed by atoms with van der Waals surface area (Å²) in [4.78, 5) is 0. The molecule has 0 bridgehead atoms. The fraction of sp³-hybridized carbons (Fsp3) is 0.647. The fourth-order valence-corrected chi connectivity index (χ4v) is 3.18. The van der Waals surface area contributed by atoms with Gasteiger partial charge in [0, 0.05) is 25.7 Å². The molecular formula is C17H28N2O. The van der Waals surface area contributed by atoms with E-state index < -0.39 is 0 Å². The van der Waals surface area contributed by atoms with Crippen LogP contribution in [0.2, 0.25) is 0 Å². The topological polar surface area (TPSA) is 47.3 Å². The molecule has 20 heavy (non-hydrogen) atoms. The first-order chi connectivity index (χ1) is 9.85. The van der Waals surface area contributed by atoms with Crippen LogP contribution in [0.15, 0.2) is 24.3 Å². The van der Waals surface area contributed by atoms with Crippen LogP contribution in [-0.2, 0) is 11.3 Å². The number of rotatable bonds is 6. The SMILES string of the molecule is COCc1ccccc1C(CN)NC1CCCCCC1. The molecule has 0 spiro atoms. The molecule has 0 heterocycles. The van der Waals surface area contributed by atoms with Gasteiger partial charge < -0.3 is 15.8 Å². The van der Waals surface area contributed by atoms with E-state index in [4.69, 9.17) is 10.5 Å². The van der Waals surface area contributed by atoms with Crippen molar-refractivity contribution >= 4 is 0 Å². The summed E-state index contributed by atoms with van der Waals surface area (Å²) in [7, 11) is 1.74. The monoisotopic (exact) mass is 276 g/mol. The number of benzene rings is 1. The molecule has 1 aromatic carbocycles. The second-order valence-corrected chi connectivity index (χ2v) is 5.78. The van der Waals surface area contributed by atoms with Gasteiger partial charge in [-0.15, -0.1) is 0 Å². The van der Waals surface area contributed by atoms with Gasteiger partial charge in [-0.1, -0.05) is 49.9 Å². The van der Waals surface area contributed by atoms with Crippen molar-refractivity contribution in [2.75, 3.05) is 13.7 Å². The molecule has 1 saturated carbocycles. The third-order valence-electron chi connectivity index (χ3n) is 4.26. The summed E-state index contributed by atoms with van der Waals surface area (Å²) in [6.45, 7) is 1.29. The zero-order valence-electron chi connectivity index (χ0n) is 12.6. The first kappa shape index (κ1) is 15.5. The lowest BCUT2D eigenvalue weighted by molar-refractivity contribution is 0.183. The Kier molecular flexibility index (Phi) is 6.51. The van der Waals surface area contributed by atoms with Gasteiger partial charge in [0.05, 0.1) is 6.61 Å². The van der Waals surface area contributed by atoms with Gasteiger partial charge >= 0.3 is 0 Å². The molecule has 0 amide bonds. The average Bonchev–Trinajstić information content (AvgIpc) is 2.74. The Labute approximate surface area is 122 Å². The van der Waals surface area contributed by atoms with Crippen molar-refractivity contribution in [1.82, 2.24) is 5.32 Å². The molecule has 0 aliphatic heterocycles. The van der Waals surface area contributed by atoms with Crippen molar-refractivity contribution in [1.29, 1.82) is 0 Å². The highest BCUT2D eigenvalue weighted by molar-refractivity contribution is 5.30. The lowest BCUT2D eigenvalue weighted by Gasteiger charge is -2.26. The standard InChI is InChI=1S/C17H28N2O/c1-20-13-14-8-6-7-11-16(14)17(12-18)19-15-9-4-2-3-5-10-15/h6-8,11,15,17,19H,2-5,9-10,12-13,18H2,1H3. The van der Waals surface area contributed by atoms with Crippen molar-refractivity contribution < 1.29 is 4.74 Å². The van der Waals surface area contributed by atoms with Crippen LogP contribution in [0.25, 0.3) is 0 Å². The first-order valence-corrected chi connectivity index (χ1v) is 7.88. The molecule has 3 N–H and O–H groups in total. The molecule has 1 unspecified atom stereocenters. The second-order valence-electron chi connectivity index (χ2n) is 5.78. The van der Waals surface area contributed by atoms with Crippen LogP contribution in [0.1, 0.15) is 55.7 Å². The highest BCUT2D eigenvalue weighted by Crippen LogP contribution is 2.23. The van der Waals surface area contributed by atoms with E-state index >= 15 is 0 Å². The largest absolute Gasteiger partial charge is 0.380 e. The molecule has 1 aliphatic carbocycles. The van der Waals surface area contributed by atoms with Crippen molar-refractivity contribution in [3.63, 3.8) is 0 Å². The van der Waals surface area contributed by atoms with Crippen molar-refractivity contribution in [2.45, 2.75) is 57.2 Å². The van der Waals surface area contributed by atoms with Crippen molar-refractivity contribution in [3.8, 4) is 0 Å². The lowest BCUT2D eigenvalue weighted by Crippen LogP contribution is -2.37. The van der Waals surface area contributed by atoms with Crippen LogP contribution in [0, 0.1) is 0 Å². The molecule has 112 valence electrons. The number of nitrogens with one attached hydrogen (secondary N) is 1. The lowest BCUT2D eigenvalue weighted by atomic mass is 9.98. The predicted molar refractivity (Wildman–Crippen MR) is 83.6 cm³/mol. The number of ether oxygens (including phenoxy) is 1. The Bertz CT molecular complexity index is 386. The normalized spacial score (nSPS) is 18.7. The van der Waals surface area contributed by atoms with Crippen LogP contribution in [-0.4, -0.2) is 19.7 Å². The number of hydrogen-bond donors (Lipinski definition) is 2. The molecule has 2 rings (SSSR count). The maximum Gasteiger partial charge on any atom is 0.0716 e. The van der Waals surface area contributed by atoms with Gasteiger partial charge in [-0.05, 0) is 24.0 Å². The van der Waals surface area contributed by atoms with Gasteiger partial charge in [-0.25, -0.2) is 0 Å². The Morgan fingerprint density at radius 3 is 2.55 bits per heavy atom. The van der Waals surface area contributed by atoms with Crippen molar-refractivity contribution in [3.05, 3.63) is 35.4 Å². The van der Waals surface area contributed by atoms with E-state index in [9.17, 15) is 0 Å². The van der Waals surface area contributed by atoms with Gasteiger partial charge in [0.1, 0.15) is 0 Å². The number of methoxy groups -OCH3 is 1. The minimum absolute atomic E-state index is 0.240. The van der Waals surface area contributed by atoms with E-state index in [1.807, 2.05) is 0 Å². The Morgan fingerprint density at radius 1 is 1.20 bits per heavy atom.